The van der Waals surface area contributed by atoms with E-state index in [2.05, 4.69) is 34.4 Å². The molecule has 0 aliphatic carbocycles. The lowest BCUT2D eigenvalue weighted by molar-refractivity contribution is 0.0672. The van der Waals surface area contributed by atoms with Crippen molar-refractivity contribution in [2.24, 2.45) is 4.99 Å². The summed E-state index contributed by atoms with van der Waals surface area (Å²) in [6, 6.07) is 10.4. The van der Waals surface area contributed by atoms with Crippen LogP contribution in [-0.4, -0.2) is 54.7 Å². The molecule has 3 N–H and O–H groups in total. The number of rotatable bonds is 8. The van der Waals surface area contributed by atoms with Crippen LogP contribution in [0.25, 0.3) is 0 Å². The summed E-state index contributed by atoms with van der Waals surface area (Å²) in [5, 5.41) is 17.4. The highest BCUT2D eigenvalue weighted by Gasteiger charge is 2.22. The zero-order valence-corrected chi connectivity index (χ0v) is 16.7. The fraction of sp³-hybridized carbons (Fsp3) is 0.667. The lowest BCUT2D eigenvalue weighted by Gasteiger charge is -2.33. The Hall–Kier alpha value is -1.59. The van der Waals surface area contributed by atoms with Gasteiger partial charge in [0.05, 0.1) is 6.54 Å². The summed E-state index contributed by atoms with van der Waals surface area (Å²) in [5.74, 6) is 0.774. The van der Waals surface area contributed by atoms with Crippen LogP contribution < -0.4 is 10.6 Å². The molecule has 2 atom stereocenters. The van der Waals surface area contributed by atoms with Gasteiger partial charge in [-0.3, -0.25) is 0 Å². The van der Waals surface area contributed by atoms with Gasteiger partial charge in [0, 0.05) is 25.7 Å². The standard InChI is InChI=1S/C21H36N4O/c1-4-22-20(23-14-10-16-25-15-9-8-11-18(25)2)24-17-21(3,26)19-12-6-5-7-13-19/h5-7,12-13,18,26H,4,8-11,14-17H2,1-3H3,(H2,22,23,24). The maximum atomic E-state index is 10.7. The van der Waals surface area contributed by atoms with E-state index >= 15 is 0 Å². The van der Waals surface area contributed by atoms with E-state index in [1.807, 2.05) is 37.3 Å². The second-order valence-corrected chi connectivity index (χ2v) is 7.50. The van der Waals surface area contributed by atoms with E-state index in [0.29, 0.717) is 12.6 Å². The third kappa shape index (κ3) is 6.61. The summed E-state index contributed by atoms with van der Waals surface area (Å²) in [6.07, 6.45) is 5.13. The first-order chi connectivity index (χ1) is 12.5. The molecule has 0 spiro atoms. The van der Waals surface area contributed by atoms with Crippen molar-refractivity contribution in [3.63, 3.8) is 0 Å². The minimum atomic E-state index is -0.965. The maximum Gasteiger partial charge on any atom is 0.191 e. The molecule has 0 aromatic heterocycles. The number of nitrogens with zero attached hydrogens (tertiary/aromatic N) is 2. The van der Waals surface area contributed by atoms with Gasteiger partial charge in [0.2, 0.25) is 0 Å². The van der Waals surface area contributed by atoms with Crippen LogP contribution in [0.3, 0.4) is 0 Å². The van der Waals surface area contributed by atoms with Crippen molar-refractivity contribution in [1.29, 1.82) is 0 Å². The van der Waals surface area contributed by atoms with Gasteiger partial charge >= 0.3 is 0 Å². The summed E-state index contributed by atoms with van der Waals surface area (Å²) in [5.41, 5.74) is -0.0778. The lowest BCUT2D eigenvalue weighted by Crippen LogP contribution is -2.42. The Morgan fingerprint density at radius 2 is 2.04 bits per heavy atom. The fourth-order valence-electron chi connectivity index (χ4n) is 3.44. The van der Waals surface area contributed by atoms with E-state index < -0.39 is 5.60 Å². The minimum Gasteiger partial charge on any atom is -0.384 e. The molecule has 2 rings (SSSR count). The highest BCUT2D eigenvalue weighted by atomic mass is 16.3. The van der Waals surface area contributed by atoms with E-state index in [1.165, 1.54) is 25.8 Å². The van der Waals surface area contributed by atoms with Crippen LogP contribution >= 0.6 is 0 Å². The smallest absolute Gasteiger partial charge is 0.191 e. The number of guanidine groups is 1. The molecule has 5 heteroatoms. The van der Waals surface area contributed by atoms with Gasteiger partial charge in [-0.05, 0) is 52.1 Å². The molecule has 1 aromatic carbocycles. The number of hydrogen-bond donors (Lipinski definition) is 3. The first-order valence-electron chi connectivity index (χ1n) is 10.1. The van der Waals surface area contributed by atoms with Gasteiger partial charge in [0.1, 0.15) is 5.60 Å². The Morgan fingerprint density at radius 1 is 1.27 bits per heavy atom. The van der Waals surface area contributed by atoms with E-state index in [0.717, 1.165) is 37.6 Å². The number of aliphatic hydroxyl groups is 1. The molecule has 26 heavy (non-hydrogen) atoms. The van der Waals surface area contributed by atoms with Crippen molar-refractivity contribution in [1.82, 2.24) is 15.5 Å². The normalized spacial score (nSPS) is 21.2. The molecule has 5 nitrogen and oxygen atoms in total. The molecule has 1 saturated heterocycles. The van der Waals surface area contributed by atoms with E-state index in [1.54, 1.807) is 0 Å². The van der Waals surface area contributed by atoms with Crippen LogP contribution in [-0.2, 0) is 5.60 Å². The predicted octanol–water partition coefficient (Wildman–Crippen LogP) is 2.71. The Labute approximate surface area is 158 Å². The van der Waals surface area contributed by atoms with Crippen LogP contribution in [0, 0.1) is 0 Å². The van der Waals surface area contributed by atoms with Gasteiger partial charge < -0.3 is 20.6 Å². The largest absolute Gasteiger partial charge is 0.384 e. The second kappa shape index (κ2) is 10.5. The summed E-state index contributed by atoms with van der Waals surface area (Å²) in [4.78, 5) is 7.18. The lowest BCUT2D eigenvalue weighted by atomic mass is 9.96. The van der Waals surface area contributed by atoms with Gasteiger partial charge in [-0.15, -0.1) is 0 Å². The number of aliphatic imine (C=N–C) groups is 1. The van der Waals surface area contributed by atoms with Crippen LogP contribution in [0.15, 0.2) is 35.3 Å². The molecule has 146 valence electrons. The number of benzene rings is 1. The molecule has 1 aromatic rings. The minimum absolute atomic E-state index is 0.329. The molecule has 0 radical (unpaired) electrons. The average molecular weight is 361 g/mol. The topological polar surface area (TPSA) is 59.9 Å². The summed E-state index contributed by atoms with van der Waals surface area (Å²) < 4.78 is 0. The molecular formula is C21H36N4O. The van der Waals surface area contributed by atoms with Gasteiger partial charge in [0.15, 0.2) is 5.96 Å². The highest BCUT2D eigenvalue weighted by molar-refractivity contribution is 5.79. The van der Waals surface area contributed by atoms with Crippen molar-refractivity contribution >= 4 is 5.96 Å². The average Bonchev–Trinajstić information content (AvgIpc) is 2.65. The molecular weight excluding hydrogens is 324 g/mol. The third-order valence-electron chi connectivity index (χ3n) is 5.14. The van der Waals surface area contributed by atoms with Crippen molar-refractivity contribution < 1.29 is 5.11 Å². The molecule has 1 heterocycles. The van der Waals surface area contributed by atoms with Gasteiger partial charge in [-0.2, -0.15) is 0 Å². The molecule has 0 bridgehead atoms. The zero-order valence-electron chi connectivity index (χ0n) is 16.7. The number of piperidine rings is 1. The number of nitrogens with one attached hydrogen (secondary N) is 2. The van der Waals surface area contributed by atoms with Gasteiger partial charge in [-0.1, -0.05) is 36.8 Å². The second-order valence-electron chi connectivity index (χ2n) is 7.50. The number of likely N-dealkylation sites (tertiary alicyclic amines) is 1. The van der Waals surface area contributed by atoms with Crippen LogP contribution in [0.4, 0.5) is 0 Å². The monoisotopic (exact) mass is 360 g/mol. The Balaban J connectivity index is 1.80. The van der Waals surface area contributed by atoms with Crippen LogP contribution in [0.2, 0.25) is 0 Å². The first kappa shape index (κ1) is 20.7. The summed E-state index contributed by atoms with van der Waals surface area (Å²) in [7, 11) is 0. The van der Waals surface area contributed by atoms with Crippen LogP contribution in [0.1, 0.15) is 52.0 Å². The summed E-state index contributed by atoms with van der Waals surface area (Å²) in [6.45, 7) is 10.6. The SMILES string of the molecule is CCNC(=NCC(C)(O)c1ccccc1)NCCCN1CCCCC1C. The Kier molecular flexibility index (Phi) is 8.39. The van der Waals surface area contributed by atoms with E-state index in [4.69, 9.17) is 0 Å². The zero-order chi connectivity index (χ0) is 18.8. The third-order valence-corrected chi connectivity index (χ3v) is 5.14. The molecule has 0 saturated carbocycles. The van der Waals surface area contributed by atoms with Crippen LogP contribution in [0.5, 0.6) is 0 Å². The maximum absolute atomic E-state index is 10.7. The highest BCUT2D eigenvalue weighted by Crippen LogP contribution is 2.20. The van der Waals surface area contributed by atoms with Crippen molar-refractivity contribution in [2.45, 2.75) is 58.1 Å². The first-order valence-corrected chi connectivity index (χ1v) is 10.1. The van der Waals surface area contributed by atoms with Crippen molar-refractivity contribution in [3.8, 4) is 0 Å². The van der Waals surface area contributed by atoms with Crippen molar-refractivity contribution in [3.05, 3.63) is 35.9 Å². The van der Waals surface area contributed by atoms with Gasteiger partial charge in [0.25, 0.3) is 0 Å². The van der Waals surface area contributed by atoms with Gasteiger partial charge in [-0.25, -0.2) is 4.99 Å². The van der Waals surface area contributed by atoms with Crippen molar-refractivity contribution in [2.75, 3.05) is 32.7 Å². The quantitative estimate of drug-likeness (QED) is 0.379. The van der Waals surface area contributed by atoms with E-state index in [9.17, 15) is 5.11 Å². The molecule has 1 aliphatic rings. The number of hydrogen-bond acceptors (Lipinski definition) is 3. The molecule has 2 unspecified atom stereocenters. The van der Waals surface area contributed by atoms with E-state index in [-0.39, 0.29) is 0 Å². The Bertz CT molecular complexity index is 544. The fourth-order valence-corrected chi connectivity index (χ4v) is 3.44. The Morgan fingerprint density at radius 3 is 2.73 bits per heavy atom. The molecule has 0 amide bonds. The summed E-state index contributed by atoms with van der Waals surface area (Å²) >= 11 is 0. The predicted molar refractivity (Wildman–Crippen MR) is 109 cm³/mol. The molecule has 1 aliphatic heterocycles. The molecule has 1 fully saturated rings.